The molecule has 0 spiro atoms. The van der Waals surface area contributed by atoms with Gasteiger partial charge in [0, 0.05) is 19.3 Å². The minimum Gasteiger partial charge on any atom is -0.462 e. The molecule has 0 saturated carbocycles. The van der Waals surface area contributed by atoms with Gasteiger partial charge in [-0.05, 0) is 70.6 Å². The standard InChI is InChI=1S/C50H92O6/c1-4-7-10-13-16-19-22-25-28-31-34-37-40-43-49(52)55-46-47(45-54-48(51)42-39-36-33-30-27-24-21-18-15-12-9-6-3)56-50(53)44-41-38-35-32-29-26-23-20-17-14-11-8-5-2/h19-20,22-23,47H,4-18,21,24-46H2,1-3H3/b22-19-,23-20-. The van der Waals surface area contributed by atoms with Crippen molar-refractivity contribution in [1.29, 1.82) is 0 Å². The fourth-order valence-corrected chi connectivity index (χ4v) is 6.96. The Labute approximate surface area is 347 Å². The van der Waals surface area contributed by atoms with Gasteiger partial charge in [0.05, 0.1) is 0 Å². The molecule has 0 rings (SSSR count). The first-order valence-electron chi connectivity index (χ1n) is 24.3. The number of allylic oxidation sites excluding steroid dienone is 4. The van der Waals surface area contributed by atoms with E-state index in [2.05, 4.69) is 45.1 Å². The summed E-state index contributed by atoms with van der Waals surface area (Å²) in [4.78, 5) is 37.8. The normalized spacial score (nSPS) is 12.1. The summed E-state index contributed by atoms with van der Waals surface area (Å²) in [6, 6.07) is 0. The van der Waals surface area contributed by atoms with Crippen LogP contribution in [0.15, 0.2) is 24.3 Å². The van der Waals surface area contributed by atoms with E-state index in [1.165, 1.54) is 148 Å². The lowest BCUT2D eigenvalue weighted by Gasteiger charge is -2.18. The second-order valence-electron chi connectivity index (χ2n) is 16.4. The molecule has 0 aromatic heterocycles. The van der Waals surface area contributed by atoms with E-state index in [4.69, 9.17) is 14.2 Å². The van der Waals surface area contributed by atoms with E-state index < -0.39 is 6.10 Å². The Morgan fingerprint density at radius 1 is 0.339 bits per heavy atom. The van der Waals surface area contributed by atoms with Gasteiger partial charge in [0.15, 0.2) is 6.10 Å². The smallest absolute Gasteiger partial charge is 0.306 e. The molecule has 1 unspecified atom stereocenters. The zero-order valence-electron chi connectivity index (χ0n) is 37.4. The summed E-state index contributed by atoms with van der Waals surface area (Å²) in [5.74, 6) is -0.884. The fraction of sp³-hybridized carbons (Fsp3) is 0.860. The molecule has 1 atom stereocenters. The van der Waals surface area contributed by atoms with Crippen molar-refractivity contribution in [1.82, 2.24) is 0 Å². The number of esters is 3. The lowest BCUT2D eigenvalue weighted by Crippen LogP contribution is -2.30. The molecular weight excluding hydrogens is 697 g/mol. The molecule has 0 aliphatic carbocycles. The van der Waals surface area contributed by atoms with Crippen molar-refractivity contribution in [2.45, 2.75) is 264 Å². The van der Waals surface area contributed by atoms with E-state index >= 15 is 0 Å². The van der Waals surface area contributed by atoms with Crippen molar-refractivity contribution in [3.63, 3.8) is 0 Å². The third-order valence-corrected chi connectivity index (χ3v) is 10.7. The minimum atomic E-state index is -0.772. The highest BCUT2D eigenvalue weighted by Gasteiger charge is 2.19. The summed E-state index contributed by atoms with van der Waals surface area (Å²) < 4.78 is 16.7. The average molecular weight is 789 g/mol. The Morgan fingerprint density at radius 3 is 0.911 bits per heavy atom. The molecule has 0 fully saturated rings. The van der Waals surface area contributed by atoms with E-state index in [1.807, 2.05) is 0 Å². The Balaban J connectivity index is 4.38. The molecule has 0 saturated heterocycles. The highest BCUT2D eigenvalue weighted by molar-refractivity contribution is 5.71. The topological polar surface area (TPSA) is 78.9 Å². The minimum absolute atomic E-state index is 0.0740. The van der Waals surface area contributed by atoms with Gasteiger partial charge in [-0.2, -0.15) is 0 Å². The molecule has 6 heteroatoms. The zero-order chi connectivity index (χ0) is 40.8. The van der Waals surface area contributed by atoms with Crippen LogP contribution in [-0.2, 0) is 28.6 Å². The predicted molar refractivity (Wildman–Crippen MR) is 238 cm³/mol. The SMILES string of the molecule is CCCCCC/C=C\CCCCCCCC(=O)OCC(COC(=O)CCCCCCCCCCCCCC)OC(=O)CCCCCCC/C=C\CCCCCC. The molecule has 0 N–H and O–H groups in total. The molecule has 0 aliphatic rings. The Morgan fingerprint density at radius 2 is 0.589 bits per heavy atom. The van der Waals surface area contributed by atoms with Gasteiger partial charge in [-0.3, -0.25) is 14.4 Å². The second kappa shape index (κ2) is 45.6. The van der Waals surface area contributed by atoms with E-state index in [0.29, 0.717) is 19.3 Å². The van der Waals surface area contributed by atoms with Crippen LogP contribution in [-0.4, -0.2) is 37.2 Å². The first kappa shape index (κ1) is 53.9. The second-order valence-corrected chi connectivity index (χ2v) is 16.4. The van der Waals surface area contributed by atoms with Gasteiger partial charge >= 0.3 is 17.9 Å². The molecule has 0 radical (unpaired) electrons. The van der Waals surface area contributed by atoms with Crippen molar-refractivity contribution in [2.75, 3.05) is 13.2 Å². The van der Waals surface area contributed by atoms with E-state index in [1.54, 1.807) is 0 Å². The summed E-state index contributed by atoms with van der Waals surface area (Å²) in [6.45, 7) is 6.60. The van der Waals surface area contributed by atoms with E-state index in [9.17, 15) is 14.4 Å². The van der Waals surface area contributed by atoms with Crippen LogP contribution in [0.5, 0.6) is 0 Å². The largest absolute Gasteiger partial charge is 0.462 e. The van der Waals surface area contributed by atoms with E-state index in [-0.39, 0.29) is 31.1 Å². The summed E-state index contributed by atoms with van der Waals surface area (Å²) in [6.07, 6.45) is 50.1. The van der Waals surface area contributed by atoms with Crippen molar-refractivity contribution in [3.05, 3.63) is 24.3 Å². The summed E-state index contributed by atoms with van der Waals surface area (Å²) in [7, 11) is 0. The van der Waals surface area contributed by atoms with Gasteiger partial charge in [0.25, 0.3) is 0 Å². The van der Waals surface area contributed by atoms with Gasteiger partial charge in [-0.1, -0.05) is 193 Å². The van der Waals surface area contributed by atoms with Crippen LogP contribution in [0.1, 0.15) is 258 Å². The van der Waals surface area contributed by atoms with Crippen LogP contribution in [0.2, 0.25) is 0 Å². The molecule has 0 heterocycles. The van der Waals surface area contributed by atoms with Gasteiger partial charge < -0.3 is 14.2 Å². The van der Waals surface area contributed by atoms with Crippen molar-refractivity contribution in [3.8, 4) is 0 Å². The molecular formula is C50H92O6. The van der Waals surface area contributed by atoms with Crippen LogP contribution in [0.4, 0.5) is 0 Å². The quantitative estimate of drug-likeness (QED) is 0.0265. The number of ether oxygens (including phenoxy) is 3. The van der Waals surface area contributed by atoms with Crippen molar-refractivity contribution >= 4 is 17.9 Å². The first-order chi connectivity index (χ1) is 27.5. The monoisotopic (exact) mass is 789 g/mol. The van der Waals surface area contributed by atoms with Crippen LogP contribution < -0.4 is 0 Å². The summed E-state index contributed by atoms with van der Waals surface area (Å²) >= 11 is 0. The summed E-state index contributed by atoms with van der Waals surface area (Å²) in [5, 5.41) is 0. The number of unbranched alkanes of at least 4 members (excludes halogenated alkanes) is 29. The number of rotatable bonds is 44. The van der Waals surface area contributed by atoms with Gasteiger partial charge in [-0.25, -0.2) is 0 Å². The highest BCUT2D eigenvalue weighted by atomic mass is 16.6. The zero-order valence-corrected chi connectivity index (χ0v) is 37.4. The number of hydrogen-bond acceptors (Lipinski definition) is 6. The Bertz CT molecular complexity index is 911. The molecule has 56 heavy (non-hydrogen) atoms. The van der Waals surface area contributed by atoms with Crippen molar-refractivity contribution in [2.24, 2.45) is 0 Å². The van der Waals surface area contributed by atoms with Crippen LogP contribution >= 0.6 is 0 Å². The third kappa shape index (κ3) is 43.0. The summed E-state index contributed by atoms with van der Waals surface area (Å²) in [5.41, 5.74) is 0. The molecule has 0 amide bonds. The van der Waals surface area contributed by atoms with Gasteiger partial charge in [0.1, 0.15) is 13.2 Å². The van der Waals surface area contributed by atoms with Crippen LogP contribution in [0.25, 0.3) is 0 Å². The molecule has 0 bridgehead atoms. The van der Waals surface area contributed by atoms with Crippen LogP contribution in [0.3, 0.4) is 0 Å². The average Bonchev–Trinajstić information content (AvgIpc) is 3.19. The Kier molecular flexibility index (Phi) is 43.9. The molecule has 6 nitrogen and oxygen atoms in total. The predicted octanol–water partition coefficient (Wildman–Crippen LogP) is 15.6. The number of carbonyl (C=O) groups excluding carboxylic acids is 3. The molecule has 0 aliphatic heterocycles. The first-order valence-corrected chi connectivity index (χ1v) is 24.3. The maximum absolute atomic E-state index is 12.7. The molecule has 0 aromatic carbocycles. The maximum Gasteiger partial charge on any atom is 0.306 e. The number of hydrogen-bond donors (Lipinski definition) is 0. The Hall–Kier alpha value is -2.11. The molecule has 328 valence electrons. The number of carbonyl (C=O) groups is 3. The van der Waals surface area contributed by atoms with Gasteiger partial charge in [-0.15, -0.1) is 0 Å². The fourth-order valence-electron chi connectivity index (χ4n) is 6.96. The third-order valence-electron chi connectivity index (χ3n) is 10.7. The van der Waals surface area contributed by atoms with Gasteiger partial charge in [0.2, 0.25) is 0 Å². The molecule has 0 aromatic rings. The van der Waals surface area contributed by atoms with E-state index in [0.717, 1.165) is 70.6 Å². The van der Waals surface area contributed by atoms with Crippen molar-refractivity contribution < 1.29 is 28.6 Å². The maximum atomic E-state index is 12.7. The lowest BCUT2D eigenvalue weighted by atomic mass is 10.0. The lowest BCUT2D eigenvalue weighted by molar-refractivity contribution is -0.167. The highest BCUT2D eigenvalue weighted by Crippen LogP contribution is 2.15. The van der Waals surface area contributed by atoms with Crippen LogP contribution in [0, 0.1) is 0 Å².